The molecule has 0 aliphatic heterocycles. The zero-order valence-electron chi connectivity index (χ0n) is 9.99. The zero-order chi connectivity index (χ0) is 11.1. The van der Waals surface area contributed by atoms with Gasteiger partial charge in [0.25, 0.3) is 0 Å². The summed E-state index contributed by atoms with van der Waals surface area (Å²) in [6, 6.07) is 2.63. The normalized spacial score (nSPS) is 13.3. The van der Waals surface area contributed by atoms with Crippen LogP contribution in [0.15, 0.2) is 23.0 Å². The molecular weight excluding hydrogens is 188 g/mol. The third-order valence-electron chi connectivity index (χ3n) is 2.63. The molecule has 1 atom stereocenters. The summed E-state index contributed by atoms with van der Waals surface area (Å²) in [5, 5.41) is 3.48. The van der Waals surface area contributed by atoms with Crippen LogP contribution in [0, 0.1) is 0 Å². The average Bonchev–Trinajstić information content (AvgIpc) is 2.70. The molecule has 1 unspecified atom stereocenters. The lowest BCUT2D eigenvalue weighted by Gasteiger charge is -2.17. The van der Waals surface area contributed by atoms with Gasteiger partial charge in [-0.1, -0.05) is 6.92 Å². The van der Waals surface area contributed by atoms with Gasteiger partial charge in [-0.25, -0.2) is 0 Å². The number of nitrogens with one attached hydrogen (secondary N) is 1. The van der Waals surface area contributed by atoms with E-state index in [9.17, 15) is 0 Å². The summed E-state index contributed by atoms with van der Waals surface area (Å²) in [4.78, 5) is 2.29. The molecule has 3 heteroatoms. The van der Waals surface area contributed by atoms with E-state index in [1.807, 2.05) is 6.07 Å². The molecule has 0 saturated carbocycles. The van der Waals surface area contributed by atoms with Gasteiger partial charge in [-0.05, 0) is 26.5 Å². The average molecular weight is 210 g/mol. The second kappa shape index (κ2) is 6.64. The quantitative estimate of drug-likeness (QED) is 0.747. The summed E-state index contributed by atoms with van der Waals surface area (Å²) in [7, 11) is 2.13. The first-order chi connectivity index (χ1) is 7.22. The molecule has 1 aromatic rings. The van der Waals surface area contributed by atoms with Gasteiger partial charge in [0.05, 0.1) is 12.5 Å². The third-order valence-corrected chi connectivity index (χ3v) is 2.63. The number of likely N-dealkylation sites (N-methyl/N-ethyl adjacent to an activating group) is 1. The lowest BCUT2D eigenvalue weighted by atomic mass is 10.2. The van der Waals surface area contributed by atoms with Crippen molar-refractivity contribution in [1.29, 1.82) is 0 Å². The van der Waals surface area contributed by atoms with Crippen LogP contribution in [-0.4, -0.2) is 31.1 Å². The molecule has 1 N–H and O–H groups in total. The Morgan fingerprint density at radius 2 is 2.33 bits per heavy atom. The maximum Gasteiger partial charge on any atom is 0.0947 e. The van der Waals surface area contributed by atoms with Crippen LogP contribution in [-0.2, 0) is 6.54 Å². The molecule has 0 radical (unpaired) electrons. The monoisotopic (exact) mass is 210 g/mol. The molecule has 0 spiro atoms. The molecule has 15 heavy (non-hydrogen) atoms. The molecule has 0 amide bonds. The summed E-state index contributed by atoms with van der Waals surface area (Å²) in [5.41, 5.74) is 1.24. The highest BCUT2D eigenvalue weighted by atomic mass is 16.3. The van der Waals surface area contributed by atoms with Crippen LogP contribution >= 0.6 is 0 Å². The van der Waals surface area contributed by atoms with Crippen molar-refractivity contribution >= 4 is 0 Å². The highest BCUT2D eigenvalue weighted by molar-refractivity contribution is 5.04. The topological polar surface area (TPSA) is 28.4 Å². The molecule has 0 fully saturated rings. The Hall–Kier alpha value is -0.800. The van der Waals surface area contributed by atoms with Gasteiger partial charge in [0.1, 0.15) is 0 Å². The lowest BCUT2D eigenvalue weighted by molar-refractivity contribution is 0.316. The van der Waals surface area contributed by atoms with Gasteiger partial charge in [-0.2, -0.15) is 0 Å². The Morgan fingerprint density at radius 3 is 2.93 bits per heavy atom. The summed E-state index contributed by atoms with van der Waals surface area (Å²) >= 11 is 0. The maximum absolute atomic E-state index is 5.03. The molecule has 0 aliphatic carbocycles. The molecule has 86 valence electrons. The fraction of sp³-hybridized carbons (Fsp3) is 0.667. The van der Waals surface area contributed by atoms with E-state index in [2.05, 4.69) is 31.1 Å². The van der Waals surface area contributed by atoms with Crippen molar-refractivity contribution in [3.63, 3.8) is 0 Å². The minimum Gasteiger partial charge on any atom is -0.472 e. The molecule has 0 bridgehead atoms. The van der Waals surface area contributed by atoms with Crippen molar-refractivity contribution in [3.8, 4) is 0 Å². The third kappa shape index (κ3) is 5.00. The fourth-order valence-electron chi connectivity index (χ4n) is 1.42. The van der Waals surface area contributed by atoms with Crippen LogP contribution in [0.2, 0.25) is 0 Å². The zero-order valence-corrected chi connectivity index (χ0v) is 9.99. The Bertz CT molecular complexity index is 246. The van der Waals surface area contributed by atoms with E-state index in [0.29, 0.717) is 6.04 Å². The van der Waals surface area contributed by atoms with Crippen LogP contribution in [0.4, 0.5) is 0 Å². The standard InChI is InChI=1S/C12H22N2O/c1-4-11(2)13-6-7-14(3)9-12-5-8-15-10-12/h5,8,10-11,13H,4,6-7,9H2,1-3H3. The minimum atomic E-state index is 0.618. The Morgan fingerprint density at radius 1 is 1.53 bits per heavy atom. The van der Waals surface area contributed by atoms with Gasteiger partial charge in [-0.3, -0.25) is 0 Å². The lowest BCUT2D eigenvalue weighted by Crippen LogP contribution is -2.33. The van der Waals surface area contributed by atoms with E-state index in [-0.39, 0.29) is 0 Å². The molecular formula is C12H22N2O. The second-order valence-electron chi connectivity index (χ2n) is 4.13. The highest BCUT2D eigenvalue weighted by Gasteiger charge is 2.02. The molecule has 1 heterocycles. The van der Waals surface area contributed by atoms with Crippen molar-refractivity contribution in [2.45, 2.75) is 32.9 Å². The van der Waals surface area contributed by atoms with Crippen molar-refractivity contribution in [1.82, 2.24) is 10.2 Å². The van der Waals surface area contributed by atoms with Gasteiger partial charge in [0, 0.05) is 31.2 Å². The largest absolute Gasteiger partial charge is 0.472 e. The van der Waals surface area contributed by atoms with Crippen LogP contribution in [0.1, 0.15) is 25.8 Å². The van der Waals surface area contributed by atoms with E-state index in [1.54, 1.807) is 12.5 Å². The predicted molar refractivity (Wildman–Crippen MR) is 62.8 cm³/mol. The van der Waals surface area contributed by atoms with Crippen LogP contribution < -0.4 is 5.32 Å². The molecule has 0 saturated heterocycles. The number of nitrogens with zero attached hydrogens (tertiary/aromatic N) is 1. The summed E-state index contributed by atoms with van der Waals surface area (Å²) in [5.74, 6) is 0. The van der Waals surface area contributed by atoms with E-state index < -0.39 is 0 Å². The number of hydrogen-bond acceptors (Lipinski definition) is 3. The SMILES string of the molecule is CCC(C)NCCN(C)Cc1ccoc1. The first-order valence-electron chi connectivity index (χ1n) is 5.65. The van der Waals surface area contributed by atoms with Crippen LogP contribution in [0.25, 0.3) is 0 Å². The van der Waals surface area contributed by atoms with E-state index >= 15 is 0 Å². The van der Waals surface area contributed by atoms with Crippen molar-refractivity contribution < 1.29 is 4.42 Å². The molecule has 0 aromatic carbocycles. The van der Waals surface area contributed by atoms with E-state index in [0.717, 1.165) is 19.6 Å². The molecule has 0 aliphatic rings. The summed E-state index contributed by atoms with van der Waals surface area (Å²) < 4.78 is 5.03. The van der Waals surface area contributed by atoms with Gasteiger partial charge in [0.2, 0.25) is 0 Å². The fourth-order valence-corrected chi connectivity index (χ4v) is 1.42. The molecule has 1 rings (SSSR count). The van der Waals surface area contributed by atoms with Gasteiger partial charge in [0.15, 0.2) is 0 Å². The van der Waals surface area contributed by atoms with Gasteiger partial charge >= 0.3 is 0 Å². The number of rotatable bonds is 7. The second-order valence-corrected chi connectivity index (χ2v) is 4.13. The molecule has 1 aromatic heterocycles. The number of hydrogen-bond donors (Lipinski definition) is 1. The minimum absolute atomic E-state index is 0.618. The summed E-state index contributed by atoms with van der Waals surface area (Å²) in [6.07, 6.45) is 4.71. The summed E-state index contributed by atoms with van der Waals surface area (Å²) in [6.45, 7) is 7.49. The Kier molecular flexibility index (Phi) is 5.43. The van der Waals surface area contributed by atoms with E-state index in [4.69, 9.17) is 4.42 Å². The highest BCUT2D eigenvalue weighted by Crippen LogP contribution is 2.02. The Balaban J connectivity index is 2.11. The predicted octanol–water partition coefficient (Wildman–Crippen LogP) is 2.10. The van der Waals surface area contributed by atoms with Gasteiger partial charge in [-0.15, -0.1) is 0 Å². The Labute approximate surface area is 92.5 Å². The first-order valence-corrected chi connectivity index (χ1v) is 5.65. The first kappa shape index (κ1) is 12.3. The molecule has 3 nitrogen and oxygen atoms in total. The van der Waals surface area contributed by atoms with Gasteiger partial charge < -0.3 is 14.6 Å². The number of furan rings is 1. The van der Waals surface area contributed by atoms with E-state index in [1.165, 1.54) is 12.0 Å². The maximum atomic E-state index is 5.03. The van der Waals surface area contributed by atoms with Crippen molar-refractivity contribution in [2.75, 3.05) is 20.1 Å². The smallest absolute Gasteiger partial charge is 0.0947 e. The van der Waals surface area contributed by atoms with Crippen molar-refractivity contribution in [3.05, 3.63) is 24.2 Å². The van der Waals surface area contributed by atoms with Crippen molar-refractivity contribution in [2.24, 2.45) is 0 Å². The van der Waals surface area contributed by atoms with Crippen LogP contribution in [0.3, 0.4) is 0 Å². The van der Waals surface area contributed by atoms with Crippen LogP contribution in [0.5, 0.6) is 0 Å².